The van der Waals surface area contributed by atoms with E-state index in [4.69, 9.17) is 0 Å². The zero-order valence-corrected chi connectivity index (χ0v) is 9.67. The van der Waals surface area contributed by atoms with Crippen LogP contribution < -0.4 is 0 Å². The van der Waals surface area contributed by atoms with Crippen molar-refractivity contribution in [2.24, 2.45) is 0 Å². The molecule has 1 fully saturated rings. The Labute approximate surface area is 98.6 Å². The molecule has 17 heavy (non-hydrogen) atoms. The molecule has 0 unspecified atom stereocenters. The van der Waals surface area contributed by atoms with E-state index in [2.05, 4.69) is 9.80 Å². The van der Waals surface area contributed by atoms with Crippen molar-refractivity contribution < 1.29 is 13.2 Å². The quantitative estimate of drug-likeness (QED) is 0.788. The summed E-state index contributed by atoms with van der Waals surface area (Å²) < 4.78 is 37.1. The van der Waals surface area contributed by atoms with Crippen LogP contribution in [0.15, 0.2) is 24.3 Å². The molecule has 0 bridgehead atoms. The first-order valence-corrected chi connectivity index (χ1v) is 5.52. The second kappa shape index (κ2) is 4.66. The van der Waals surface area contributed by atoms with Gasteiger partial charge in [-0.25, -0.2) is 0 Å². The molecule has 0 atom stereocenters. The van der Waals surface area contributed by atoms with Gasteiger partial charge in [-0.1, -0.05) is 12.1 Å². The van der Waals surface area contributed by atoms with Crippen LogP contribution in [-0.4, -0.2) is 36.6 Å². The Hall–Kier alpha value is -1.07. The number of hydrogen-bond donors (Lipinski definition) is 0. The number of hydrogen-bond acceptors (Lipinski definition) is 2. The van der Waals surface area contributed by atoms with Crippen molar-refractivity contribution >= 4 is 0 Å². The molecule has 1 heterocycles. The maximum Gasteiger partial charge on any atom is 0.416 e. The molecule has 0 amide bonds. The van der Waals surface area contributed by atoms with Gasteiger partial charge in [-0.3, -0.25) is 9.80 Å². The van der Waals surface area contributed by atoms with Crippen LogP contribution >= 0.6 is 0 Å². The lowest BCUT2D eigenvalue weighted by molar-refractivity contribution is -0.137. The van der Waals surface area contributed by atoms with Gasteiger partial charge in [0, 0.05) is 19.6 Å². The molecule has 2 rings (SSSR count). The van der Waals surface area contributed by atoms with Crippen molar-refractivity contribution in [3.63, 3.8) is 0 Å². The Balaban J connectivity index is 1.99. The molecule has 94 valence electrons. The summed E-state index contributed by atoms with van der Waals surface area (Å²) in [6.07, 6.45) is -4.24. The fourth-order valence-electron chi connectivity index (χ4n) is 1.98. The van der Waals surface area contributed by atoms with E-state index in [9.17, 15) is 13.2 Å². The van der Waals surface area contributed by atoms with Gasteiger partial charge in [-0.2, -0.15) is 13.2 Å². The highest BCUT2D eigenvalue weighted by molar-refractivity contribution is 5.24. The van der Waals surface area contributed by atoms with Crippen LogP contribution in [0.25, 0.3) is 0 Å². The predicted molar refractivity (Wildman–Crippen MR) is 59.4 cm³/mol. The van der Waals surface area contributed by atoms with Gasteiger partial charge in [-0.15, -0.1) is 0 Å². The monoisotopic (exact) mass is 244 g/mol. The van der Waals surface area contributed by atoms with Crippen LogP contribution in [0.4, 0.5) is 13.2 Å². The zero-order chi connectivity index (χ0) is 12.5. The number of nitrogens with zero attached hydrogens (tertiary/aromatic N) is 2. The summed E-state index contributed by atoms with van der Waals surface area (Å²) in [5, 5.41) is 0. The average Bonchev–Trinajstić information content (AvgIpc) is 2.63. The summed E-state index contributed by atoms with van der Waals surface area (Å²) in [7, 11) is 2.03. The third-order valence-electron chi connectivity index (χ3n) is 2.93. The van der Waals surface area contributed by atoms with Gasteiger partial charge in [0.1, 0.15) is 0 Å². The summed E-state index contributed by atoms with van der Waals surface area (Å²) >= 11 is 0. The molecule has 1 aromatic rings. The molecule has 0 aliphatic carbocycles. The van der Waals surface area contributed by atoms with E-state index in [0.717, 1.165) is 37.5 Å². The van der Waals surface area contributed by atoms with Gasteiger partial charge < -0.3 is 0 Å². The Morgan fingerprint density at radius 2 is 1.76 bits per heavy atom. The van der Waals surface area contributed by atoms with E-state index in [0.29, 0.717) is 6.54 Å². The van der Waals surface area contributed by atoms with Crippen LogP contribution in [0.2, 0.25) is 0 Å². The SMILES string of the molecule is CN1CCN(Cc2ccc(C(F)(F)F)cc2)C1. The topological polar surface area (TPSA) is 6.48 Å². The highest BCUT2D eigenvalue weighted by atomic mass is 19.4. The van der Waals surface area contributed by atoms with Gasteiger partial charge in [0.15, 0.2) is 0 Å². The van der Waals surface area contributed by atoms with Gasteiger partial charge in [0.05, 0.1) is 12.2 Å². The maximum absolute atomic E-state index is 12.4. The maximum atomic E-state index is 12.4. The van der Waals surface area contributed by atoms with Gasteiger partial charge in [0.25, 0.3) is 0 Å². The fraction of sp³-hybridized carbons (Fsp3) is 0.500. The van der Waals surface area contributed by atoms with Crippen molar-refractivity contribution in [3.05, 3.63) is 35.4 Å². The second-order valence-corrected chi connectivity index (χ2v) is 4.47. The molecule has 1 aliphatic rings. The number of benzene rings is 1. The molecule has 1 aliphatic heterocycles. The molecule has 1 aromatic carbocycles. The summed E-state index contributed by atoms with van der Waals surface area (Å²) in [4.78, 5) is 4.40. The number of halogens is 3. The zero-order valence-electron chi connectivity index (χ0n) is 9.67. The normalized spacial score (nSPS) is 18.8. The van der Waals surface area contributed by atoms with Crippen LogP contribution in [0, 0.1) is 0 Å². The highest BCUT2D eigenvalue weighted by Gasteiger charge is 2.30. The van der Waals surface area contributed by atoms with Crippen LogP contribution in [0.5, 0.6) is 0 Å². The fourth-order valence-corrected chi connectivity index (χ4v) is 1.98. The molecule has 1 saturated heterocycles. The van der Waals surface area contributed by atoms with Crippen molar-refractivity contribution in [1.82, 2.24) is 9.80 Å². The molecule has 0 spiro atoms. The molecule has 0 saturated carbocycles. The summed E-state index contributed by atoms with van der Waals surface area (Å²) in [5.41, 5.74) is 0.341. The van der Waals surface area contributed by atoms with Crippen molar-refractivity contribution in [1.29, 1.82) is 0 Å². The molecule has 0 aromatic heterocycles. The molecule has 5 heteroatoms. The Kier molecular flexibility index (Phi) is 3.40. The minimum atomic E-state index is -4.24. The Morgan fingerprint density at radius 3 is 2.24 bits per heavy atom. The molecule has 0 N–H and O–H groups in total. The number of rotatable bonds is 2. The van der Waals surface area contributed by atoms with Crippen molar-refractivity contribution in [3.8, 4) is 0 Å². The van der Waals surface area contributed by atoms with Crippen molar-refractivity contribution in [2.45, 2.75) is 12.7 Å². The molecule has 2 nitrogen and oxygen atoms in total. The lowest BCUT2D eigenvalue weighted by atomic mass is 10.1. The standard InChI is InChI=1S/C12H15F3N2/c1-16-6-7-17(9-16)8-10-2-4-11(5-3-10)12(13,14)15/h2-5H,6-9H2,1H3. The first-order valence-electron chi connectivity index (χ1n) is 5.52. The smallest absolute Gasteiger partial charge is 0.292 e. The largest absolute Gasteiger partial charge is 0.416 e. The van der Waals surface area contributed by atoms with Gasteiger partial charge >= 0.3 is 6.18 Å². The van der Waals surface area contributed by atoms with Crippen LogP contribution in [0.3, 0.4) is 0 Å². The second-order valence-electron chi connectivity index (χ2n) is 4.47. The number of alkyl halides is 3. The Bertz CT molecular complexity index is 372. The average molecular weight is 244 g/mol. The summed E-state index contributed by atoms with van der Waals surface area (Å²) in [5.74, 6) is 0. The third-order valence-corrected chi connectivity index (χ3v) is 2.93. The van der Waals surface area contributed by atoms with E-state index < -0.39 is 11.7 Å². The first-order chi connectivity index (χ1) is 7.95. The van der Waals surface area contributed by atoms with Crippen molar-refractivity contribution in [2.75, 3.05) is 26.8 Å². The highest BCUT2D eigenvalue weighted by Crippen LogP contribution is 2.29. The first kappa shape index (κ1) is 12.4. The minimum absolute atomic E-state index is 0.584. The van der Waals surface area contributed by atoms with E-state index in [1.165, 1.54) is 0 Å². The lowest BCUT2D eigenvalue weighted by Gasteiger charge is -2.15. The van der Waals surface area contributed by atoms with E-state index in [1.807, 2.05) is 7.05 Å². The molecular formula is C12H15F3N2. The molecule has 0 radical (unpaired) electrons. The van der Waals surface area contributed by atoms with Crippen LogP contribution in [0.1, 0.15) is 11.1 Å². The minimum Gasteiger partial charge on any atom is -0.292 e. The predicted octanol–water partition coefficient (Wildman–Crippen LogP) is 2.41. The van der Waals surface area contributed by atoms with E-state index in [1.54, 1.807) is 12.1 Å². The summed E-state index contributed by atoms with van der Waals surface area (Å²) in [6, 6.07) is 5.41. The van der Waals surface area contributed by atoms with Crippen LogP contribution in [-0.2, 0) is 12.7 Å². The number of likely N-dealkylation sites (N-methyl/N-ethyl adjacent to an activating group) is 1. The van der Waals surface area contributed by atoms with Gasteiger partial charge in [-0.05, 0) is 24.7 Å². The Morgan fingerprint density at radius 1 is 1.12 bits per heavy atom. The van der Waals surface area contributed by atoms with E-state index in [-0.39, 0.29) is 0 Å². The summed E-state index contributed by atoms with van der Waals surface area (Å²) in [6.45, 7) is 3.57. The van der Waals surface area contributed by atoms with E-state index >= 15 is 0 Å². The molecular weight excluding hydrogens is 229 g/mol. The van der Waals surface area contributed by atoms with Gasteiger partial charge in [0.2, 0.25) is 0 Å². The third kappa shape index (κ3) is 3.20. The lowest BCUT2D eigenvalue weighted by Crippen LogP contribution is -2.22.